The Morgan fingerprint density at radius 1 is 1.48 bits per heavy atom. The number of nitrogens with one attached hydrogen (secondary N) is 1. The Morgan fingerprint density at radius 3 is 2.91 bits per heavy atom. The fraction of sp³-hybridized carbons (Fsp3) is 0.375. The first-order valence-electron chi connectivity index (χ1n) is 7.21. The van der Waals surface area contributed by atoms with E-state index in [2.05, 4.69) is 11.9 Å². The number of hydrogen-bond acceptors (Lipinski definition) is 3. The van der Waals surface area contributed by atoms with Gasteiger partial charge in [0.1, 0.15) is 10.8 Å². The highest BCUT2D eigenvalue weighted by Gasteiger charge is 2.25. The molecule has 0 spiro atoms. The lowest BCUT2D eigenvalue weighted by Gasteiger charge is -2.21. The van der Waals surface area contributed by atoms with Crippen molar-refractivity contribution < 1.29 is 14.3 Å². The first kappa shape index (κ1) is 17.6. The molecule has 1 aromatic rings. The van der Waals surface area contributed by atoms with Crippen molar-refractivity contribution in [2.24, 2.45) is 0 Å². The topological polar surface area (TPSA) is 58.6 Å². The van der Waals surface area contributed by atoms with E-state index in [1.807, 2.05) is 0 Å². The minimum absolute atomic E-state index is 0.0428. The highest BCUT2D eigenvalue weighted by atomic mass is 35.5. The molecule has 1 aliphatic heterocycles. The quantitative estimate of drug-likeness (QED) is 0.843. The zero-order chi connectivity index (χ0) is 17.0. The van der Waals surface area contributed by atoms with Gasteiger partial charge < -0.3 is 15.0 Å². The summed E-state index contributed by atoms with van der Waals surface area (Å²) in [5.74, 6) is -0.0521. The minimum atomic E-state index is -0.306. The van der Waals surface area contributed by atoms with Crippen molar-refractivity contribution in [3.05, 3.63) is 40.4 Å². The molecule has 23 heavy (non-hydrogen) atoms. The highest BCUT2D eigenvalue weighted by Crippen LogP contribution is 2.40. The Labute approximate surface area is 145 Å². The van der Waals surface area contributed by atoms with Crippen molar-refractivity contribution >= 4 is 35.0 Å². The Hall–Kier alpha value is -1.72. The van der Waals surface area contributed by atoms with Crippen LogP contribution in [0.25, 0.3) is 0 Å². The van der Waals surface area contributed by atoms with Gasteiger partial charge in [0.15, 0.2) is 0 Å². The highest BCUT2D eigenvalue weighted by molar-refractivity contribution is 6.43. The van der Waals surface area contributed by atoms with Crippen LogP contribution in [0.5, 0.6) is 5.75 Å². The summed E-state index contributed by atoms with van der Waals surface area (Å²) in [6.07, 6.45) is 2.66. The predicted octanol–water partition coefficient (Wildman–Crippen LogP) is 2.97. The monoisotopic (exact) mass is 356 g/mol. The molecule has 1 aliphatic rings. The van der Waals surface area contributed by atoms with Crippen molar-refractivity contribution in [2.75, 3.05) is 20.2 Å². The fourth-order valence-corrected chi connectivity index (χ4v) is 2.80. The normalized spacial score (nSPS) is 16.6. The number of fused-ring (bicyclic) bond motifs is 1. The molecule has 0 aromatic heterocycles. The van der Waals surface area contributed by atoms with Crippen molar-refractivity contribution in [3.8, 4) is 5.75 Å². The van der Waals surface area contributed by atoms with Gasteiger partial charge in [0.25, 0.3) is 0 Å². The molecule has 1 N–H and O–H groups in total. The maximum Gasteiger partial charge on any atom is 0.246 e. The second kappa shape index (κ2) is 7.70. The van der Waals surface area contributed by atoms with Crippen molar-refractivity contribution in [3.63, 3.8) is 0 Å². The number of hydrogen-bond donors (Lipinski definition) is 1. The van der Waals surface area contributed by atoms with Crippen molar-refractivity contribution in [1.29, 1.82) is 0 Å². The molecule has 2 amide bonds. The lowest BCUT2D eigenvalue weighted by atomic mass is 10.0. The number of ether oxygens (including phenoxy) is 1. The molecule has 1 atom stereocenters. The van der Waals surface area contributed by atoms with Crippen LogP contribution in [-0.2, 0) is 9.59 Å². The van der Waals surface area contributed by atoms with E-state index in [1.54, 1.807) is 19.2 Å². The van der Waals surface area contributed by atoms with E-state index in [1.165, 1.54) is 11.0 Å². The summed E-state index contributed by atoms with van der Waals surface area (Å²) in [6.45, 7) is 3.86. The number of rotatable bonds is 4. The van der Waals surface area contributed by atoms with Crippen molar-refractivity contribution in [1.82, 2.24) is 10.2 Å². The van der Waals surface area contributed by atoms with Gasteiger partial charge >= 0.3 is 0 Å². The smallest absolute Gasteiger partial charge is 0.246 e. The molecular formula is C16H18Cl2N2O3. The summed E-state index contributed by atoms with van der Waals surface area (Å²) in [5.41, 5.74) is 0.794. The van der Waals surface area contributed by atoms with Gasteiger partial charge in [-0.15, -0.1) is 0 Å². The van der Waals surface area contributed by atoms with E-state index in [0.717, 1.165) is 18.4 Å². The standard InChI is InChI=1S/C16H18Cl2N2O3/c1-3-14(22)20(2)9-13(21)19-12-5-4-8-23-16-10(12)6-7-11(17)15(16)18/h3,6-7,12H,1,4-5,8-9H2,2H3,(H,19,21). The van der Waals surface area contributed by atoms with Gasteiger partial charge in [0.05, 0.1) is 24.2 Å². The molecule has 0 bridgehead atoms. The van der Waals surface area contributed by atoms with Crippen LogP contribution in [0.15, 0.2) is 24.8 Å². The molecular weight excluding hydrogens is 339 g/mol. The summed E-state index contributed by atoms with van der Waals surface area (Å²) in [6, 6.07) is 3.25. The summed E-state index contributed by atoms with van der Waals surface area (Å²) in [5, 5.41) is 3.68. The third-order valence-electron chi connectivity index (χ3n) is 3.61. The van der Waals surface area contributed by atoms with Crippen LogP contribution in [0.3, 0.4) is 0 Å². The molecule has 0 aliphatic carbocycles. The third-order valence-corrected chi connectivity index (χ3v) is 4.39. The number of likely N-dealkylation sites (N-methyl/N-ethyl adjacent to an activating group) is 1. The SMILES string of the molecule is C=CC(=O)N(C)CC(=O)NC1CCCOc2c1ccc(Cl)c2Cl. The van der Waals surface area contributed by atoms with E-state index in [9.17, 15) is 9.59 Å². The molecule has 0 saturated carbocycles. The van der Waals surface area contributed by atoms with Gasteiger partial charge in [-0.1, -0.05) is 35.8 Å². The zero-order valence-corrected chi connectivity index (χ0v) is 14.3. The van der Waals surface area contributed by atoms with Crippen LogP contribution in [0.4, 0.5) is 0 Å². The lowest BCUT2D eigenvalue weighted by Crippen LogP contribution is -2.39. The minimum Gasteiger partial charge on any atom is -0.492 e. The largest absolute Gasteiger partial charge is 0.492 e. The van der Waals surface area contributed by atoms with Crippen LogP contribution in [0.1, 0.15) is 24.4 Å². The molecule has 1 unspecified atom stereocenters. The van der Waals surface area contributed by atoms with Gasteiger partial charge in [-0.2, -0.15) is 0 Å². The maximum atomic E-state index is 12.2. The van der Waals surface area contributed by atoms with Crippen LogP contribution in [-0.4, -0.2) is 36.9 Å². The van der Waals surface area contributed by atoms with E-state index in [4.69, 9.17) is 27.9 Å². The summed E-state index contributed by atoms with van der Waals surface area (Å²) in [4.78, 5) is 24.9. The fourth-order valence-electron chi connectivity index (χ4n) is 2.42. The Kier molecular flexibility index (Phi) is 5.91. The molecule has 1 heterocycles. The number of carbonyl (C=O) groups is 2. The van der Waals surface area contributed by atoms with Gasteiger partial charge in [0, 0.05) is 12.6 Å². The average molecular weight is 357 g/mol. The van der Waals surface area contributed by atoms with Gasteiger partial charge in [-0.25, -0.2) is 0 Å². The Bertz CT molecular complexity index is 634. The molecule has 1 aromatic carbocycles. The first-order valence-corrected chi connectivity index (χ1v) is 7.97. The summed E-state index contributed by atoms with van der Waals surface area (Å²) in [7, 11) is 1.55. The average Bonchev–Trinajstić information content (AvgIpc) is 2.72. The summed E-state index contributed by atoms with van der Waals surface area (Å²) >= 11 is 12.2. The molecule has 0 fully saturated rings. The molecule has 7 heteroatoms. The number of nitrogens with zero attached hydrogens (tertiary/aromatic N) is 1. The van der Waals surface area contributed by atoms with Gasteiger partial charge in [-0.05, 0) is 25.0 Å². The van der Waals surface area contributed by atoms with E-state index in [-0.39, 0.29) is 24.4 Å². The lowest BCUT2D eigenvalue weighted by molar-refractivity contribution is -0.131. The Balaban J connectivity index is 2.15. The van der Waals surface area contributed by atoms with Gasteiger partial charge in [0.2, 0.25) is 11.8 Å². The van der Waals surface area contributed by atoms with E-state index in [0.29, 0.717) is 22.4 Å². The molecule has 0 radical (unpaired) electrons. The molecule has 2 rings (SSSR count). The van der Waals surface area contributed by atoms with E-state index >= 15 is 0 Å². The summed E-state index contributed by atoms with van der Waals surface area (Å²) < 4.78 is 5.66. The number of carbonyl (C=O) groups excluding carboxylic acids is 2. The zero-order valence-electron chi connectivity index (χ0n) is 12.8. The van der Waals surface area contributed by atoms with Crippen LogP contribution in [0.2, 0.25) is 10.0 Å². The maximum absolute atomic E-state index is 12.2. The molecule has 0 saturated heterocycles. The predicted molar refractivity (Wildman–Crippen MR) is 89.9 cm³/mol. The first-order chi connectivity index (χ1) is 10.9. The second-order valence-corrected chi connectivity index (χ2v) is 6.07. The number of benzene rings is 1. The number of halogens is 2. The van der Waals surface area contributed by atoms with Crippen LogP contribution in [0, 0.1) is 0 Å². The van der Waals surface area contributed by atoms with Crippen LogP contribution < -0.4 is 10.1 Å². The second-order valence-electron chi connectivity index (χ2n) is 5.29. The molecule has 5 nitrogen and oxygen atoms in total. The molecule has 124 valence electrons. The van der Waals surface area contributed by atoms with Crippen LogP contribution >= 0.6 is 23.2 Å². The third kappa shape index (κ3) is 4.18. The van der Waals surface area contributed by atoms with E-state index < -0.39 is 0 Å². The van der Waals surface area contributed by atoms with Gasteiger partial charge in [-0.3, -0.25) is 9.59 Å². The Morgan fingerprint density at radius 2 is 2.22 bits per heavy atom. The van der Waals surface area contributed by atoms with Crippen molar-refractivity contribution in [2.45, 2.75) is 18.9 Å². The number of amides is 2.